The number of carbonyl (C=O) groups is 1. The van der Waals surface area contributed by atoms with Gasteiger partial charge >= 0.3 is 6.09 Å². The lowest BCUT2D eigenvalue weighted by atomic mass is 10.2. The van der Waals surface area contributed by atoms with E-state index in [-0.39, 0.29) is 17.3 Å². The van der Waals surface area contributed by atoms with Crippen molar-refractivity contribution in [2.75, 3.05) is 18.1 Å². The number of sulfonamides is 1. The van der Waals surface area contributed by atoms with E-state index in [2.05, 4.69) is 10.0 Å². The second-order valence-corrected chi connectivity index (χ2v) is 9.53. The number of benzene rings is 1. The van der Waals surface area contributed by atoms with Crippen LogP contribution in [0, 0.1) is 0 Å². The van der Waals surface area contributed by atoms with Gasteiger partial charge in [-0.3, -0.25) is 0 Å². The van der Waals surface area contributed by atoms with Crippen LogP contribution in [0.4, 0.5) is 4.79 Å². The maximum Gasteiger partial charge on any atom is 0.407 e. The zero-order chi connectivity index (χ0) is 18.0. The fraction of sp³-hybridized carbons (Fsp3) is 0.462. The van der Waals surface area contributed by atoms with Crippen molar-refractivity contribution in [3.63, 3.8) is 0 Å². The van der Waals surface area contributed by atoms with Gasteiger partial charge in [0, 0.05) is 5.02 Å². The topological polar surface area (TPSA) is 119 Å². The zero-order valence-electron chi connectivity index (χ0n) is 12.7. The Balaban J connectivity index is 2.18. The van der Waals surface area contributed by atoms with Crippen LogP contribution >= 0.6 is 11.6 Å². The Labute approximate surface area is 145 Å². The van der Waals surface area contributed by atoms with Crippen LogP contribution in [-0.2, 0) is 24.6 Å². The van der Waals surface area contributed by atoms with Gasteiger partial charge in [-0.1, -0.05) is 11.6 Å². The minimum Gasteiger partial charge on any atom is -0.450 e. The van der Waals surface area contributed by atoms with Crippen LogP contribution in [0.15, 0.2) is 29.2 Å². The zero-order valence-corrected chi connectivity index (χ0v) is 15.1. The number of halogens is 1. The Morgan fingerprint density at radius 3 is 2.42 bits per heavy atom. The minimum absolute atomic E-state index is 0.0499. The lowest BCUT2D eigenvalue weighted by Crippen LogP contribution is -2.50. The quantitative estimate of drug-likeness (QED) is 0.749. The first-order chi connectivity index (χ1) is 11.1. The average molecular weight is 397 g/mol. The Hall–Kier alpha value is -1.36. The molecule has 24 heavy (non-hydrogen) atoms. The molecule has 1 aliphatic rings. The SMILES string of the molecule is CCOC(=O)N[C@H]1CS(=O)(=O)C[C@H]1NS(=O)(=O)c1ccc(Cl)cc1. The number of carbonyl (C=O) groups excluding carboxylic acids is 1. The molecule has 0 bridgehead atoms. The summed E-state index contributed by atoms with van der Waals surface area (Å²) < 4.78 is 55.4. The van der Waals surface area contributed by atoms with Gasteiger partial charge in [-0.05, 0) is 31.2 Å². The highest BCUT2D eigenvalue weighted by Crippen LogP contribution is 2.18. The molecule has 1 saturated heterocycles. The predicted octanol–water partition coefficient (Wildman–Crippen LogP) is 0.530. The maximum atomic E-state index is 12.4. The van der Waals surface area contributed by atoms with Crippen LogP contribution in [0.2, 0.25) is 5.02 Å². The summed E-state index contributed by atoms with van der Waals surface area (Å²) in [6.07, 6.45) is -0.796. The van der Waals surface area contributed by atoms with E-state index in [0.29, 0.717) is 5.02 Å². The molecular weight excluding hydrogens is 380 g/mol. The van der Waals surface area contributed by atoms with E-state index in [9.17, 15) is 21.6 Å². The number of rotatable bonds is 5. The van der Waals surface area contributed by atoms with Crippen LogP contribution in [0.3, 0.4) is 0 Å². The smallest absolute Gasteiger partial charge is 0.407 e. The van der Waals surface area contributed by atoms with Gasteiger partial charge in [0.1, 0.15) is 0 Å². The van der Waals surface area contributed by atoms with Crippen molar-refractivity contribution >= 4 is 37.6 Å². The van der Waals surface area contributed by atoms with E-state index in [1.54, 1.807) is 6.92 Å². The number of ether oxygens (including phenoxy) is 1. The molecule has 1 amide bonds. The molecule has 0 radical (unpaired) electrons. The molecule has 0 spiro atoms. The molecule has 8 nitrogen and oxygen atoms in total. The van der Waals surface area contributed by atoms with Crippen LogP contribution in [0.5, 0.6) is 0 Å². The van der Waals surface area contributed by atoms with E-state index in [4.69, 9.17) is 16.3 Å². The summed E-state index contributed by atoms with van der Waals surface area (Å²) in [7, 11) is -7.44. The van der Waals surface area contributed by atoms with E-state index in [0.717, 1.165) is 0 Å². The fourth-order valence-corrected chi connectivity index (χ4v) is 5.68. The summed E-state index contributed by atoms with van der Waals surface area (Å²) >= 11 is 5.72. The van der Waals surface area contributed by atoms with Crippen molar-refractivity contribution in [2.24, 2.45) is 0 Å². The highest BCUT2D eigenvalue weighted by Gasteiger charge is 2.41. The summed E-state index contributed by atoms with van der Waals surface area (Å²) in [4.78, 5) is 11.5. The molecule has 0 saturated carbocycles. The normalized spacial score (nSPS) is 22.9. The lowest BCUT2D eigenvalue weighted by molar-refractivity contribution is 0.148. The third-order valence-corrected chi connectivity index (χ3v) is 6.85. The summed E-state index contributed by atoms with van der Waals surface area (Å²) in [5, 5.41) is 2.75. The highest BCUT2D eigenvalue weighted by molar-refractivity contribution is 7.92. The number of amides is 1. The van der Waals surface area contributed by atoms with Crippen LogP contribution < -0.4 is 10.0 Å². The van der Waals surface area contributed by atoms with E-state index in [1.165, 1.54) is 24.3 Å². The number of alkyl carbamates (subject to hydrolysis) is 1. The largest absolute Gasteiger partial charge is 0.450 e. The molecule has 1 heterocycles. The highest BCUT2D eigenvalue weighted by atomic mass is 35.5. The molecular formula is C13H17ClN2O6S2. The van der Waals surface area contributed by atoms with Crippen molar-refractivity contribution in [2.45, 2.75) is 23.9 Å². The molecule has 1 aliphatic heterocycles. The first kappa shape index (κ1) is 19.0. The van der Waals surface area contributed by atoms with Gasteiger partial charge in [-0.25, -0.2) is 26.4 Å². The van der Waals surface area contributed by atoms with E-state index >= 15 is 0 Å². The Bertz CT molecular complexity index is 807. The average Bonchev–Trinajstić information content (AvgIpc) is 2.72. The molecule has 0 aromatic heterocycles. The third kappa shape index (κ3) is 4.82. The van der Waals surface area contributed by atoms with Crippen LogP contribution in [-0.4, -0.2) is 53.1 Å². The second-order valence-electron chi connectivity index (χ2n) is 5.23. The summed E-state index contributed by atoms with van der Waals surface area (Å²) in [6.45, 7) is 1.72. The number of nitrogens with one attached hydrogen (secondary N) is 2. The third-order valence-electron chi connectivity index (χ3n) is 3.36. The minimum atomic E-state index is -3.96. The van der Waals surface area contributed by atoms with Crippen LogP contribution in [0.1, 0.15) is 6.92 Å². The molecule has 1 aromatic carbocycles. The molecule has 134 valence electrons. The van der Waals surface area contributed by atoms with Gasteiger partial charge in [0.25, 0.3) is 0 Å². The number of hydrogen-bond acceptors (Lipinski definition) is 6. The van der Waals surface area contributed by atoms with Gasteiger partial charge in [-0.2, -0.15) is 0 Å². The monoisotopic (exact) mass is 396 g/mol. The molecule has 2 atom stereocenters. The van der Waals surface area contributed by atoms with Crippen molar-refractivity contribution in [3.05, 3.63) is 29.3 Å². The number of hydrogen-bond donors (Lipinski definition) is 2. The Morgan fingerprint density at radius 2 is 1.83 bits per heavy atom. The number of sulfone groups is 1. The molecule has 1 aromatic rings. The molecule has 2 N–H and O–H groups in total. The molecule has 1 fully saturated rings. The van der Waals surface area contributed by atoms with Crippen molar-refractivity contribution < 1.29 is 26.4 Å². The lowest BCUT2D eigenvalue weighted by Gasteiger charge is -2.20. The second kappa shape index (κ2) is 7.26. The summed E-state index contributed by atoms with van der Waals surface area (Å²) in [5.74, 6) is -0.767. The molecule has 11 heteroatoms. The molecule has 2 rings (SSSR count). The van der Waals surface area contributed by atoms with Crippen molar-refractivity contribution in [3.8, 4) is 0 Å². The summed E-state index contributed by atoms with van der Waals surface area (Å²) in [6, 6.07) is 3.55. The van der Waals surface area contributed by atoms with Gasteiger partial charge < -0.3 is 10.1 Å². The van der Waals surface area contributed by atoms with Crippen molar-refractivity contribution in [1.82, 2.24) is 10.0 Å². The Morgan fingerprint density at radius 1 is 1.25 bits per heavy atom. The summed E-state index contributed by atoms with van der Waals surface area (Å²) in [5.41, 5.74) is 0. The Kier molecular flexibility index (Phi) is 5.74. The first-order valence-corrected chi connectivity index (χ1v) is 10.7. The van der Waals surface area contributed by atoms with Crippen LogP contribution in [0.25, 0.3) is 0 Å². The van der Waals surface area contributed by atoms with Gasteiger partial charge in [0.05, 0.1) is 35.1 Å². The first-order valence-electron chi connectivity index (χ1n) is 7.04. The van der Waals surface area contributed by atoms with E-state index < -0.39 is 43.8 Å². The van der Waals surface area contributed by atoms with Gasteiger partial charge in [0.2, 0.25) is 10.0 Å². The van der Waals surface area contributed by atoms with Crippen molar-refractivity contribution in [1.29, 1.82) is 0 Å². The van der Waals surface area contributed by atoms with Gasteiger partial charge in [-0.15, -0.1) is 0 Å². The predicted molar refractivity (Wildman–Crippen MR) is 88.2 cm³/mol. The maximum absolute atomic E-state index is 12.4. The van der Waals surface area contributed by atoms with Gasteiger partial charge in [0.15, 0.2) is 9.84 Å². The van der Waals surface area contributed by atoms with E-state index in [1.807, 2.05) is 0 Å². The molecule has 0 unspecified atom stereocenters. The fourth-order valence-electron chi connectivity index (χ4n) is 2.31. The molecule has 0 aliphatic carbocycles. The standard InChI is InChI=1S/C13H17ClN2O6S2/c1-2-22-13(17)15-11-7-23(18,19)8-12(11)16-24(20,21)10-5-3-9(14)4-6-10/h3-6,11-12,16H,2,7-8H2,1H3,(H,15,17)/t11-,12+/m0/s1.